The van der Waals surface area contributed by atoms with E-state index in [1.165, 1.54) is 23.5 Å². The summed E-state index contributed by atoms with van der Waals surface area (Å²) in [6, 6.07) is 10.1. The lowest BCUT2D eigenvalue weighted by atomic mass is 10.1. The molecule has 1 heterocycles. The van der Waals surface area contributed by atoms with Crippen molar-refractivity contribution in [1.82, 2.24) is 4.57 Å². The molecule has 0 saturated heterocycles. The predicted molar refractivity (Wildman–Crippen MR) is 125 cm³/mol. The Bertz CT molecular complexity index is 1260. The molecule has 1 amide bonds. The lowest BCUT2D eigenvalue weighted by molar-refractivity contribution is -0.117. The maximum Gasteiger partial charge on any atom is 0.252 e. The van der Waals surface area contributed by atoms with E-state index in [0.29, 0.717) is 28.4 Å². The number of ether oxygens (including phenoxy) is 2. The van der Waals surface area contributed by atoms with Gasteiger partial charge in [0.15, 0.2) is 26.1 Å². The van der Waals surface area contributed by atoms with Crippen molar-refractivity contribution in [2.24, 2.45) is 4.99 Å². The van der Waals surface area contributed by atoms with Crippen LogP contribution in [-0.2, 0) is 27.6 Å². The molecule has 7 nitrogen and oxygen atoms in total. The molecule has 31 heavy (non-hydrogen) atoms. The number of hydrogen-bond acceptors (Lipinski definition) is 7. The number of aryl methyl sites for hydroxylation is 1. The molecule has 0 fully saturated rings. The van der Waals surface area contributed by atoms with Gasteiger partial charge in [-0.15, -0.1) is 0 Å². The first-order chi connectivity index (χ1) is 14.8. The molecule has 0 spiro atoms. The number of methoxy groups -OCH3 is 2. The van der Waals surface area contributed by atoms with E-state index in [4.69, 9.17) is 9.47 Å². The molecular formula is C21H24N2O5S3. The van der Waals surface area contributed by atoms with Crippen molar-refractivity contribution < 1.29 is 22.7 Å². The molecule has 0 bridgehead atoms. The van der Waals surface area contributed by atoms with Crippen LogP contribution in [0.25, 0.3) is 10.2 Å². The second-order valence-electron chi connectivity index (χ2n) is 6.80. The van der Waals surface area contributed by atoms with E-state index in [0.717, 1.165) is 22.2 Å². The number of nitrogens with zero attached hydrogens (tertiary/aromatic N) is 2. The molecular weight excluding hydrogens is 456 g/mol. The number of carbonyl (C=O) groups excluding carboxylic acids is 1. The number of amides is 1. The molecule has 0 N–H and O–H groups in total. The molecule has 0 saturated carbocycles. The Morgan fingerprint density at radius 1 is 1.13 bits per heavy atom. The fourth-order valence-electron chi connectivity index (χ4n) is 3.06. The average Bonchev–Trinajstić information content (AvgIpc) is 3.06. The Morgan fingerprint density at radius 2 is 1.77 bits per heavy atom. The van der Waals surface area contributed by atoms with Crippen LogP contribution in [-0.4, -0.2) is 51.4 Å². The van der Waals surface area contributed by atoms with E-state index in [-0.39, 0.29) is 17.2 Å². The molecule has 3 aromatic rings. The van der Waals surface area contributed by atoms with Crippen LogP contribution in [0, 0.1) is 0 Å². The first kappa shape index (κ1) is 23.4. The van der Waals surface area contributed by atoms with Crippen LogP contribution < -0.4 is 14.3 Å². The number of benzene rings is 2. The lowest BCUT2D eigenvalue weighted by Crippen LogP contribution is -2.18. The van der Waals surface area contributed by atoms with Crippen molar-refractivity contribution in [3.05, 3.63) is 46.8 Å². The van der Waals surface area contributed by atoms with Gasteiger partial charge in [-0.3, -0.25) is 4.79 Å². The van der Waals surface area contributed by atoms with Crippen molar-refractivity contribution in [1.29, 1.82) is 0 Å². The standard InChI is InChI=1S/C21H24N2O5S3/c1-27-17-12-16-19(13-18(17)28-2)30-21(23(16)9-10-29-3)22-20(24)11-14-5-7-15(8-6-14)31(4,25)26/h5-8,12-13H,9-11H2,1-4H3. The van der Waals surface area contributed by atoms with Crippen LogP contribution in [0.3, 0.4) is 0 Å². The van der Waals surface area contributed by atoms with E-state index in [9.17, 15) is 13.2 Å². The number of fused-ring (bicyclic) bond motifs is 1. The summed E-state index contributed by atoms with van der Waals surface area (Å²) >= 11 is 3.13. The van der Waals surface area contributed by atoms with E-state index >= 15 is 0 Å². The summed E-state index contributed by atoms with van der Waals surface area (Å²) in [6.07, 6.45) is 3.27. The van der Waals surface area contributed by atoms with Crippen LogP contribution in [0.15, 0.2) is 46.3 Å². The number of hydrogen-bond donors (Lipinski definition) is 0. The second-order valence-corrected chi connectivity index (χ2v) is 10.8. The van der Waals surface area contributed by atoms with Gasteiger partial charge < -0.3 is 14.0 Å². The van der Waals surface area contributed by atoms with E-state index in [1.54, 1.807) is 38.1 Å². The third-order valence-electron chi connectivity index (χ3n) is 4.63. The lowest BCUT2D eigenvalue weighted by Gasteiger charge is -2.09. The highest BCUT2D eigenvalue weighted by molar-refractivity contribution is 7.98. The minimum Gasteiger partial charge on any atom is -0.493 e. The van der Waals surface area contributed by atoms with Gasteiger partial charge in [0, 0.05) is 30.7 Å². The van der Waals surface area contributed by atoms with Gasteiger partial charge in [0.1, 0.15) is 0 Å². The molecule has 0 aliphatic rings. The number of carbonyl (C=O) groups is 1. The first-order valence-electron chi connectivity index (χ1n) is 9.37. The van der Waals surface area contributed by atoms with Crippen molar-refractivity contribution in [3.8, 4) is 11.5 Å². The van der Waals surface area contributed by atoms with Crippen LogP contribution in [0.2, 0.25) is 0 Å². The Balaban J connectivity index is 1.98. The number of aromatic nitrogens is 1. The quantitative estimate of drug-likeness (QED) is 0.492. The fourth-order valence-corrected chi connectivity index (χ4v) is 5.14. The molecule has 166 valence electrons. The van der Waals surface area contributed by atoms with E-state index in [2.05, 4.69) is 4.99 Å². The second kappa shape index (κ2) is 9.88. The van der Waals surface area contributed by atoms with Crippen molar-refractivity contribution in [2.45, 2.75) is 17.9 Å². The van der Waals surface area contributed by atoms with Gasteiger partial charge in [-0.1, -0.05) is 23.5 Å². The minimum absolute atomic E-state index is 0.0907. The van der Waals surface area contributed by atoms with Gasteiger partial charge in [-0.05, 0) is 24.0 Å². The summed E-state index contributed by atoms with van der Waals surface area (Å²) in [5, 5.41) is 0. The zero-order chi connectivity index (χ0) is 22.6. The number of rotatable bonds is 8. The highest BCUT2D eigenvalue weighted by atomic mass is 32.2. The molecule has 10 heteroatoms. The number of thiazole rings is 1. The number of thioether (sulfide) groups is 1. The largest absolute Gasteiger partial charge is 0.493 e. The topological polar surface area (TPSA) is 87.0 Å². The minimum atomic E-state index is -3.27. The SMILES string of the molecule is COc1cc2sc(=NC(=O)Cc3ccc(S(C)(=O)=O)cc3)n(CCSC)c2cc1OC. The average molecular weight is 481 g/mol. The third kappa shape index (κ3) is 5.50. The maximum atomic E-state index is 12.7. The first-order valence-corrected chi connectivity index (χ1v) is 13.5. The van der Waals surface area contributed by atoms with Gasteiger partial charge in [-0.2, -0.15) is 16.8 Å². The molecule has 3 rings (SSSR count). The van der Waals surface area contributed by atoms with Crippen LogP contribution >= 0.6 is 23.1 Å². The molecule has 2 aromatic carbocycles. The zero-order valence-electron chi connectivity index (χ0n) is 17.7. The summed E-state index contributed by atoms with van der Waals surface area (Å²) in [5.74, 6) is 1.82. The maximum absolute atomic E-state index is 12.7. The normalized spacial score (nSPS) is 12.3. The Hall–Kier alpha value is -2.30. The highest BCUT2D eigenvalue weighted by Gasteiger charge is 2.14. The molecule has 0 aliphatic heterocycles. The van der Waals surface area contributed by atoms with Crippen molar-refractivity contribution >= 4 is 49.1 Å². The van der Waals surface area contributed by atoms with Crippen LogP contribution in [0.4, 0.5) is 0 Å². The Morgan fingerprint density at radius 3 is 2.35 bits per heavy atom. The van der Waals surface area contributed by atoms with Gasteiger partial charge >= 0.3 is 0 Å². The highest BCUT2D eigenvalue weighted by Crippen LogP contribution is 2.33. The summed E-state index contributed by atoms with van der Waals surface area (Å²) in [6.45, 7) is 0.700. The fraction of sp³-hybridized carbons (Fsp3) is 0.333. The van der Waals surface area contributed by atoms with Crippen LogP contribution in [0.1, 0.15) is 5.56 Å². The molecule has 0 radical (unpaired) electrons. The molecule has 0 unspecified atom stereocenters. The van der Waals surface area contributed by atoms with Gasteiger partial charge in [-0.25, -0.2) is 8.42 Å². The van der Waals surface area contributed by atoms with Crippen molar-refractivity contribution in [2.75, 3.05) is 32.5 Å². The summed E-state index contributed by atoms with van der Waals surface area (Å²) in [4.78, 5) is 17.9. The Labute approximate surface area is 189 Å². The van der Waals surface area contributed by atoms with Crippen molar-refractivity contribution in [3.63, 3.8) is 0 Å². The third-order valence-corrected chi connectivity index (χ3v) is 7.39. The molecule has 0 atom stereocenters. The number of sulfone groups is 1. The Kier molecular flexibility index (Phi) is 7.45. The van der Waals surface area contributed by atoms with E-state index in [1.807, 2.05) is 23.0 Å². The predicted octanol–water partition coefficient (Wildman–Crippen LogP) is 3.16. The van der Waals surface area contributed by atoms with E-state index < -0.39 is 9.84 Å². The summed E-state index contributed by atoms with van der Waals surface area (Å²) < 4.78 is 37.0. The monoisotopic (exact) mass is 480 g/mol. The molecule has 0 aliphatic carbocycles. The summed E-state index contributed by atoms with van der Waals surface area (Å²) in [5.41, 5.74) is 1.64. The van der Waals surface area contributed by atoms with Gasteiger partial charge in [0.05, 0.1) is 35.8 Å². The van der Waals surface area contributed by atoms with Gasteiger partial charge in [0.2, 0.25) is 0 Å². The zero-order valence-corrected chi connectivity index (χ0v) is 20.2. The summed E-state index contributed by atoms with van der Waals surface area (Å²) in [7, 11) is -0.0943. The smallest absolute Gasteiger partial charge is 0.252 e. The van der Waals surface area contributed by atoms with Gasteiger partial charge in [0.25, 0.3) is 5.91 Å². The molecule has 1 aromatic heterocycles. The van der Waals surface area contributed by atoms with Crippen LogP contribution in [0.5, 0.6) is 11.5 Å².